The van der Waals surface area contributed by atoms with Crippen molar-refractivity contribution in [3.05, 3.63) is 52.3 Å². The van der Waals surface area contributed by atoms with Crippen LogP contribution in [0, 0.1) is 0 Å². The maximum atomic E-state index is 11.6. The van der Waals surface area contributed by atoms with E-state index in [1.165, 1.54) is 23.0 Å². The summed E-state index contributed by atoms with van der Waals surface area (Å²) >= 11 is 0. The molecule has 0 aliphatic heterocycles. The summed E-state index contributed by atoms with van der Waals surface area (Å²) in [6.07, 6.45) is 2.88. The van der Waals surface area contributed by atoms with Gasteiger partial charge in [0.1, 0.15) is 12.0 Å². The smallest absolute Gasteiger partial charge is 0.338 e. The number of furan rings is 1. The minimum absolute atomic E-state index is 0.108. The number of carbonyl (C=O) groups is 1. The molecule has 7 nitrogen and oxygen atoms in total. The third-order valence-corrected chi connectivity index (χ3v) is 2.89. The fourth-order valence-electron chi connectivity index (χ4n) is 1.77. The third-order valence-electron chi connectivity index (χ3n) is 2.89. The second-order valence-electron chi connectivity index (χ2n) is 4.40. The minimum Gasteiger partial charge on any atom is -0.478 e. The Hall–Kier alpha value is -2.54. The lowest BCUT2D eigenvalue weighted by molar-refractivity contribution is 0.0696. The molecule has 0 radical (unpaired) electrons. The van der Waals surface area contributed by atoms with Crippen molar-refractivity contribution in [2.45, 2.75) is 13.1 Å². The number of methoxy groups -OCH3 is 1. The summed E-state index contributed by atoms with van der Waals surface area (Å²) in [7, 11) is 1.57. The number of rotatable bonds is 7. The summed E-state index contributed by atoms with van der Waals surface area (Å²) in [5, 5.41) is 11.9. The van der Waals surface area contributed by atoms with E-state index in [4.69, 9.17) is 14.3 Å². The standard InChI is InChI=1S/C14H16N2O5/c1-20-5-4-16-8-11(2-3-13(16)17)15-7-12-6-10(9-21-12)14(18)19/h2-3,6,8-9,15H,4-5,7H2,1H3,(H,18,19). The Morgan fingerprint density at radius 3 is 2.95 bits per heavy atom. The lowest BCUT2D eigenvalue weighted by Gasteiger charge is -2.09. The van der Waals surface area contributed by atoms with Gasteiger partial charge in [0.15, 0.2) is 0 Å². The van der Waals surface area contributed by atoms with Gasteiger partial charge in [-0.1, -0.05) is 0 Å². The first kappa shape index (κ1) is 14.9. The van der Waals surface area contributed by atoms with Crippen LogP contribution in [-0.4, -0.2) is 29.4 Å². The van der Waals surface area contributed by atoms with Crippen LogP contribution < -0.4 is 10.9 Å². The van der Waals surface area contributed by atoms with E-state index < -0.39 is 5.97 Å². The molecule has 0 atom stereocenters. The highest BCUT2D eigenvalue weighted by atomic mass is 16.5. The van der Waals surface area contributed by atoms with Crippen molar-refractivity contribution in [2.24, 2.45) is 0 Å². The highest BCUT2D eigenvalue weighted by Crippen LogP contribution is 2.11. The largest absolute Gasteiger partial charge is 0.478 e. The van der Waals surface area contributed by atoms with E-state index in [-0.39, 0.29) is 11.1 Å². The fraction of sp³-hybridized carbons (Fsp3) is 0.286. The number of nitrogens with one attached hydrogen (secondary N) is 1. The molecule has 2 aromatic heterocycles. The molecule has 0 fully saturated rings. The Labute approximate surface area is 120 Å². The molecular formula is C14H16N2O5. The quantitative estimate of drug-likeness (QED) is 0.801. The molecule has 2 heterocycles. The fourth-order valence-corrected chi connectivity index (χ4v) is 1.77. The lowest BCUT2D eigenvalue weighted by atomic mass is 10.3. The highest BCUT2D eigenvalue weighted by molar-refractivity contribution is 5.87. The van der Waals surface area contributed by atoms with E-state index in [0.29, 0.717) is 25.5 Å². The van der Waals surface area contributed by atoms with Crippen LogP contribution in [0.1, 0.15) is 16.1 Å². The Kier molecular flexibility index (Phi) is 4.78. The van der Waals surface area contributed by atoms with Crippen molar-refractivity contribution in [3.63, 3.8) is 0 Å². The Bertz CT molecular complexity index is 674. The molecule has 112 valence electrons. The zero-order valence-electron chi connectivity index (χ0n) is 11.5. The maximum absolute atomic E-state index is 11.6. The van der Waals surface area contributed by atoms with Gasteiger partial charge in [0.25, 0.3) is 5.56 Å². The van der Waals surface area contributed by atoms with E-state index in [1.807, 2.05) is 0 Å². The van der Waals surface area contributed by atoms with Gasteiger partial charge in [-0.05, 0) is 12.1 Å². The highest BCUT2D eigenvalue weighted by Gasteiger charge is 2.08. The van der Waals surface area contributed by atoms with Gasteiger partial charge in [-0.15, -0.1) is 0 Å². The number of aromatic carboxylic acids is 1. The molecule has 2 N–H and O–H groups in total. The van der Waals surface area contributed by atoms with Crippen LogP contribution in [0.15, 0.2) is 39.9 Å². The number of aromatic nitrogens is 1. The number of hydrogen-bond donors (Lipinski definition) is 2. The van der Waals surface area contributed by atoms with E-state index in [9.17, 15) is 9.59 Å². The summed E-state index contributed by atoms with van der Waals surface area (Å²) in [5.41, 5.74) is 0.736. The molecule has 0 bridgehead atoms. The molecule has 0 aliphatic rings. The molecule has 0 aliphatic carbocycles. The SMILES string of the molecule is COCCn1cc(NCc2cc(C(=O)O)co2)ccc1=O. The van der Waals surface area contributed by atoms with Crippen LogP contribution in [0.4, 0.5) is 5.69 Å². The van der Waals surface area contributed by atoms with Gasteiger partial charge in [-0.25, -0.2) is 4.79 Å². The number of carboxylic acids is 1. The molecule has 2 rings (SSSR count). The van der Waals surface area contributed by atoms with Gasteiger partial charge >= 0.3 is 5.97 Å². The predicted octanol–water partition coefficient (Wildman–Crippen LogP) is 1.40. The molecule has 0 saturated carbocycles. The van der Waals surface area contributed by atoms with Crippen molar-refractivity contribution in [3.8, 4) is 0 Å². The Morgan fingerprint density at radius 2 is 2.29 bits per heavy atom. The molecular weight excluding hydrogens is 276 g/mol. The molecule has 21 heavy (non-hydrogen) atoms. The number of carboxylic acid groups (broad SMARTS) is 1. The molecule has 0 aromatic carbocycles. The Morgan fingerprint density at radius 1 is 1.48 bits per heavy atom. The summed E-state index contributed by atoms with van der Waals surface area (Å²) < 4.78 is 11.6. The van der Waals surface area contributed by atoms with Gasteiger partial charge in [0.2, 0.25) is 0 Å². The average molecular weight is 292 g/mol. The average Bonchev–Trinajstić information content (AvgIpc) is 2.94. The van der Waals surface area contributed by atoms with Crippen molar-refractivity contribution in [2.75, 3.05) is 19.0 Å². The number of anilines is 1. The maximum Gasteiger partial charge on any atom is 0.338 e. The van der Waals surface area contributed by atoms with Crippen LogP contribution in [0.25, 0.3) is 0 Å². The molecule has 0 saturated heterocycles. The van der Waals surface area contributed by atoms with Crippen molar-refractivity contribution in [1.82, 2.24) is 4.57 Å². The second kappa shape index (κ2) is 6.76. The molecule has 0 spiro atoms. The number of ether oxygens (including phenoxy) is 1. The van der Waals surface area contributed by atoms with E-state index >= 15 is 0 Å². The van der Waals surface area contributed by atoms with Gasteiger partial charge in [0, 0.05) is 25.9 Å². The molecule has 2 aromatic rings. The summed E-state index contributed by atoms with van der Waals surface area (Å²) in [6.45, 7) is 1.24. The van der Waals surface area contributed by atoms with Gasteiger partial charge in [0.05, 0.1) is 24.4 Å². The number of hydrogen-bond acceptors (Lipinski definition) is 5. The second-order valence-corrected chi connectivity index (χ2v) is 4.40. The van der Waals surface area contributed by atoms with E-state index in [1.54, 1.807) is 19.4 Å². The van der Waals surface area contributed by atoms with Crippen LogP contribution in [0.2, 0.25) is 0 Å². The summed E-state index contributed by atoms with van der Waals surface area (Å²) in [6, 6.07) is 4.58. The van der Waals surface area contributed by atoms with Crippen LogP contribution >= 0.6 is 0 Å². The number of pyridine rings is 1. The lowest BCUT2D eigenvalue weighted by Crippen LogP contribution is -2.21. The van der Waals surface area contributed by atoms with E-state index in [0.717, 1.165) is 5.69 Å². The zero-order valence-corrected chi connectivity index (χ0v) is 11.5. The zero-order chi connectivity index (χ0) is 15.2. The van der Waals surface area contributed by atoms with Crippen molar-refractivity contribution >= 4 is 11.7 Å². The Balaban J connectivity index is 2.02. The predicted molar refractivity (Wildman–Crippen MR) is 75.6 cm³/mol. The molecule has 0 unspecified atom stereocenters. The van der Waals surface area contributed by atoms with Crippen LogP contribution in [0.5, 0.6) is 0 Å². The van der Waals surface area contributed by atoms with Crippen molar-refractivity contribution in [1.29, 1.82) is 0 Å². The van der Waals surface area contributed by atoms with Gasteiger partial charge in [-0.2, -0.15) is 0 Å². The molecule has 0 amide bonds. The van der Waals surface area contributed by atoms with Gasteiger partial charge < -0.3 is 24.1 Å². The van der Waals surface area contributed by atoms with Crippen LogP contribution in [-0.2, 0) is 17.8 Å². The molecule has 7 heteroatoms. The van der Waals surface area contributed by atoms with Crippen LogP contribution in [0.3, 0.4) is 0 Å². The number of nitrogens with zero attached hydrogens (tertiary/aromatic N) is 1. The monoisotopic (exact) mass is 292 g/mol. The minimum atomic E-state index is -1.03. The first-order valence-electron chi connectivity index (χ1n) is 6.34. The summed E-state index contributed by atoms with van der Waals surface area (Å²) in [4.78, 5) is 22.4. The van der Waals surface area contributed by atoms with Gasteiger partial charge in [-0.3, -0.25) is 4.79 Å². The summed E-state index contributed by atoms with van der Waals surface area (Å²) in [5.74, 6) is -0.528. The topological polar surface area (TPSA) is 93.7 Å². The normalized spacial score (nSPS) is 10.5. The first-order valence-corrected chi connectivity index (χ1v) is 6.34. The van der Waals surface area contributed by atoms with Crippen molar-refractivity contribution < 1.29 is 19.1 Å². The third kappa shape index (κ3) is 3.96. The first-order chi connectivity index (χ1) is 10.1. The van der Waals surface area contributed by atoms with E-state index in [2.05, 4.69) is 5.32 Å².